The minimum Gasteiger partial charge on any atom is -0.385 e. The van der Waals surface area contributed by atoms with Crippen LogP contribution in [-0.2, 0) is 17.8 Å². The molecule has 0 saturated carbocycles. The smallest absolute Gasteiger partial charge is 0.0948 e. The first-order valence-electron chi connectivity index (χ1n) is 4.51. The SMILES string of the molecule is CNCc1cncn1CCCOC. The fraction of sp³-hybridized carbons (Fsp3) is 0.667. The molecule has 0 saturated heterocycles. The highest BCUT2D eigenvalue weighted by molar-refractivity contribution is 4.97. The van der Waals surface area contributed by atoms with Crippen LogP contribution in [0.15, 0.2) is 12.5 Å². The second kappa shape index (κ2) is 5.72. The molecule has 0 atom stereocenters. The lowest BCUT2D eigenvalue weighted by atomic mass is 10.4. The van der Waals surface area contributed by atoms with Gasteiger partial charge in [0.1, 0.15) is 0 Å². The number of imidazole rings is 1. The molecule has 0 radical (unpaired) electrons. The molecule has 0 aliphatic carbocycles. The Hall–Kier alpha value is -0.870. The first kappa shape index (κ1) is 10.2. The van der Waals surface area contributed by atoms with Gasteiger partial charge in [-0.1, -0.05) is 0 Å². The standard InChI is InChI=1S/C9H17N3O/c1-10-6-9-7-11-8-12(9)4-3-5-13-2/h7-8,10H,3-6H2,1-2H3. The van der Waals surface area contributed by atoms with Crippen molar-refractivity contribution in [2.24, 2.45) is 0 Å². The summed E-state index contributed by atoms with van der Waals surface area (Å²) >= 11 is 0. The van der Waals surface area contributed by atoms with Crippen molar-refractivity contribution in [2.45, 2.75) is 19.5 Å². The highest BCUT2D eigenvalue weighted by Crippen LogP contribution is 2.00. The maximum atomic E-state index is 4.99. The Morgan fingerprint density at radius 3 is 3.15 bits per heavy atom. The number of aryl methyl sites for hydroxylation is 1. The molecule has 0 bridgehead atoms. The molecule has 0 unspecified atom stereocenters. The van der Waals surface area contributed by atoms with Gasteiger partial charge in [-0.05, 0) is 13.5 Å². The fourth-order valence-corrected chi connectivity index (χ4v) is 1.26. The molecule has 0 amide bonds. The topological polar surface area (TPSA) is 39.1 Å². The van der Waals surface area contributed by atoms with E-state index >= 15 is 0 Å². The minimum atomic E-state index is 0.803. The zero-order valence-corrected chi connectivity index (χ0v) is 8.29. The first-order chi connectivity index (χ1) is 6.38. The lowest BCUT2D eigenvalue weighted by Crippen LogP contribution is -2.11. The molecule has 4 nitrogen and oxygen atoms in total. The average molecular weight is 183 g/mol. The van der Waals surface area contributed by atoms with Crippen molar-refractivity contribution in [3.8, 4) is 0 Å². The van der Waals surface area contributed by atoms with Gasteiger partial charge in [0.15, 0.2) is 0 Å². The van der Waals surface area contributed by atoms with Crippen LogP contribution in [0, 0.1) is 0 Å². The number of rotatable bonds is 6. The van der Waals surface area contributed by atoms with Crippen molar-refractivity contribution in [3.63, 3.8) is 0 Å². The highest BCUT2D eigenvalue weighted by atomic mass is 16.5. The summed E-state index contributed by atoms with van der Waals surface area (Å²) < 4.78 is 7.14. The molecule has 13 heavy (non-hydrogen) atoms. The second-order valence-electron chi connectivity index (χ2n) is 2.96. The van der Waals surface area contributed by atoms with E-state index in [2.05, 4.69) is 14.9 Å². The maximum absolute atomic E-state index is 4.99. The van der Waals surface area contributed by atoms with E-state index in [0.29, 0.717) is 0 Å². The van der Waals surface area contributed by atoms with E-state index in [4.69, 9.17) is 4.74 Å². The maximum Gasteiger partial charge on any atom is 0.0948 e. The lowest BCUT2D eigenvalue weighted by Gasteiger charge is -2.06. The quantitative estimate of drug-likeness (QED) is 0.658. The Labute approximate surface area is 78.9 Å². The van der Waals surface area contributed by atoms with Crippen molar-refractivity contribution in [3.05, 3.63) is 18.2 Å². The molecule has 4 heteroatoms. The Balaban J connectivity index is 2.40. The largest absolute Gasteiger partial charge is 0.385 e. The second-order valence-corrected chi connectivity index (χ2v) is 2.96. The molecular formula is C9H17N3O. The predicted molar refractivity (Wildman–Crippen MR) is 51.5 cm³/mol. The summed E-state index contributed by atoms with van der Waals surface area (Å²) in [4.78, 5) is 4.10. The molecule has 1 aromatic heterocycles. The number of nitrogens with zero attached hydrogens (tertiary/aromatic N) is 2. The van der Waals surface area contributed by atoms with Gasteiger partial charge < -0.3 is 14.6 Å². The molecule has 1 rings (SSSR count). The summed E-state index contributed by atoms with van der Waals surface area (Å²) in [5, 5.41) is 3.11. The number of nitrogens with one attached hydrogen (secondary N) is 1. The molecule has 0 aliphatic heterocycles. The van der Waals surface area contributed by atoms with Crippen LogP contribution >= 0.6 is 0 Å². The number of aromatic nitrogens is 2. The van der Waals surface area contributed by atoms with E-state index in [1.807, 2.05) is 19.6 Å². The lowest BCUT2D eigenvalue weighted by molar-refractivity contribution is 0.190. The highest BCUT2D eigenvalue weighted by Gasteiger charge is 1.99. The summed E-state index contributed by atoms with van der Waals surface area (Å²) in [5.74, 6) is 0. The van der Waals surface area contributed by atoms with Gasteiger partial charge in [0, 0.05) is 33.0 Å². The van der Waals surface area contributed by atoms with E-state index < -0.39 is 0 Å². The third-order valence-corrected chi connectivity index (χ3v) is 1.90. The third-order valence-electron chi connectivity index (χ3n) is 1.90. The molecular weight excluding hydrogens is 166 g/mol. The zero-order chi connectivity index (χ0) is 9.52. The summed E-state index contributed by atoms with van der Waals surface area (Å²) in [6.45, 7) is 2.65. The van der Waals surface area contributed by atoms with Gasteiger partial charge >= 0.3 is 0 Å². The van der Waals surface area contributed by atoms with Crippen LogP contribution in [0.4, 0.5) is 0 Å². The minimum absolute atomic E-state index is 0.803. The predicted octanol–water partition coefficient (Wildman–Crippen LogP) is 0.639. The van der Waals surface area contributed by atoms with Crippen molar-refractivity contribution >= 4 is 0 Å². The van der Waals surface area contributed by atoms with E-state index in [9.17, 15) is 0 Å². The number of hydrogen-bond donors (Lipinski definition) is 1. The van der Waals surface area contributed by atoms with E-state index in [0.717, 1.165) is 26.1 Å². The summed E-state index contributed by atoms with van der Waals surface area (Å²) in [6, 6.07) is 0. The van der Waals surface area contributed by atoms with Crippen LogP contribution in [0.5, 0.6) is 0 Å². The number of ether oxygens (including phenoxy) is 1. The van der Waals surface area contributed by atoms with Crippen molar-refractivity contribution < 1.29 is 4.74 Å². The van der Waals surface area contributed by atoms with Crippen LogP contribution in [0.25, 0.3) is 0 Å². The molecule has 74 valence electrons. The summed E-state index contributed by atoms with van der Waals surface area (Å²) in [7, 11) is 3.66. The molecule has 1 heterocycles. The molecule has 0 fully saturated rings. The van der Waals surface area contributed by atoms with Gasteiger partial charge in [0.2, 0.25) is 0 Å². The normalized spacial score (nSPS) is 10.6. The Morgan fingerprint density at radius 1 is 1.62 bits per heavy atom. The number of hydrogen-bond acceptors (Lipinski definition) is 3. The fourth-order valence-electron chi connectivity index (χ4n) is 1.26. The van der Waals surface area contributed by atoms with Crippen molar-refractivity contribution in [1.82, 2.24) is 14.9 Å². The van der Waals surface area contributed by atoms with Crippen LogP contribution in [0.2, 0.25) is 0 Å². The van der Waals surface area contributed by atoms with Crippen LogP contribution < -0.4 is 5.32 Å². The van der Waals surface area contributed by atoms with Crippen molar-refractivity contribution in [1.29, 1.82) is 0 Å². The molecule has 1 N–H and O–H groups in total. The zero-order valence-electron chi connectivity index (χ0n) is 8.29. The van der Waals surface area contributed by atoms with Crippen molar-refractivity contribution in [2.75, 3.05) is 20.8 Å². The summed E-state index contributed by atoms with van der Waals surface area (Å²) in [6.07, 6.45) is 4.79. The Bertz CT molecular complexity index is 235. The van der Waals surface area contributed by atoms with Gasteiger partial charge in [0.05, 0.1) is 12.0 Å². The van der Waals surface area contributed by atoms with Gasteiger partial charge in [-0.25, -0.2) is 4.98 Å². The molecule has 0 aromatic carbocycles. The van der Waals surface area contributed by atoms with Crippen LogP contribution in [0.1, 0.15) is 12.1 Å². The van der Waals surface area contributed by atoms with E-state index in [1.54, 1.807) is 7.11 Å². The van der Waals surface area contributed by atoms with Gasteiger partial charge in [-0.3, -0.25) is 0 Å². The van der Waals surface area contributed by atoms with Gasteiger partial charge in [-0.2, -0.15) is 0 Å². The van der Waals surface area contributed by atoms with Gasteiger partial charge in [0.25, 0.3) is 0 Å². The average Bonchev–Trinajstić information content (AvgIpc) is 2.54. The Kier molecular flexibility index (Phi) is 4.49. The van der Waals surface area contributed by atoms with Crippen LogP contribution in [0.3, 0.4) is 0 Å². The van der Waals surface area contributed by atoms with E-state index in [-0.39, 0.29) is 0 Å². The summed E-state index contributed by atoms with van der Waals surface area (Å²) in [5.41, 5.74) is 1.22. The molecule has 1 aromatic rings. The van der Waals surface area contributed by atoms with Crippen LogP contribution in [-0.4, -0.2) is 30.3 Å². The van der Waals surface area contributed by atoms with Gasteiger partial charge in [-0.15, -0.1) is 0 Å². The molecule has 0 spiro atoms. The van der Waals surface area contributed by atoms with E-state index in [1.165, 1.54) is 5.69 Å². The molecule has 0 aliphatic rings. The number of methoxy groups -OCH3 is 1. The third kappa shape index (κ3) is 3.16. The first-order valence-corrected chi connectivity index (χ1v) is 4.51. The Morgan fingerprint density at radius 2 is 2.46 bits per heavy atom. The monoisotopic (exact) mass is 183 g/mol.